The molecule has 1 spiro atoms. The quantitative estimate of drug-likeness (QED) is 0.619. The van der Waals surface area contributed by atoms with Crippen molar-refractivity contribution in [2.45, 2.75) is 66.7 Å². The molecule has 0 aromatic rings. The van der Waals surface area contributed by atoms with Crippen LogP contribution in [-0.2, 0) is 0 Å². The first-order valence-corrected chi connectivity index (χ1v) is 7.42. The molecule has 0 bridgehead atoms. The van der Waals surface area contributed by atoms with Crippen molar-refractivity contribution >= 4 is 0 Å². The second kappa shape index (κ2) is 2.87. The topological polar surface area (TPSA) is 0 Å². The first kappa shape index (κ1) is 11.1. The number of hydrogen-bond acceptors (Lipinski definition) is 0. The largest absolute Gasteiger partial charge is 0.0651 e. The summed E-state index contributed by atoms with van der Waals surface area (Å²) in [7, 11) is 0. The van der Waals surface area contributed by atoms with Gasteiger partial charge in [0.25, 0.3) is 0 Å². The Labute approximate surface area is 101 Å². The van der Waals surface area contributed by atoms with Gasteiger partial charge in [0.05, 0.1) is 0 Å². The van der Waals surface area contributed by atoms with Gasteiger partial charge < -0.3 is 0 Å². The monoisotopic (exact) mass is 220 g/mol. The van der Waals surface area contributed by atoms with Crippen LogP contribution in [0.1, 0.15) is 66.7 Å². The number of hydrogen-bond donors (Lipinski definition) is 0. The summed E-state index contributed by atoms with van der Waals surface area (Å²) in [5.41, 5.74) is 2.30. The summed E-state index contributed by atoms with van der Waals surface area (Å²) in [4.78, 5) is 0. The molecule has 0 radical (unpaired) electrons. The summed E-state index contributed by atoms with van der Waals surface area (Å²) in [5.74, 6) is 3.25. The van der Waals surface area contributed by atoms with Crippen molar-refractivity contribution in [3.8, 4) is 0 Å². The van der Waals surface area contributed by atoms with Crippen molar-refractivity contribution in [2.24, 2.45) is 34.0 Å². The highest BCUT2D eigenvalue weighted by atomic mass is 15.0. The molecule has 0 aromatic heterocycles. The fourth-order valence-corrected chi connectivity index (χ4v) is 5.92. The predicted octanol–water partition coefficient (Wildman–Crippen LogP) is 4.89. The zero-order chi connectivity index (χ0) is 11.8. The summed E-state index contributed by atoms with van der Waals surface area (Å²) < 4.78 is 0. The molecule has 0 nitrogen and oxygen atoms in total. The molecule has 5 unspecified atom stereocenters. The van der Waals surface area contributed by atoms with E-state index >= 15 is 0 Å². The fraction of sp³-hybridized carbons (Fsp3) is 1.00. The van der Waals surface area contributed by atoms with Gasteiger partial charge in [-0.3, -0.25) is 0 Å². The van der Waals surface area contributed by atoms with Gasteiger partial charge in [0, 0.05) is 0 Å². The van der Waals surface area contributed by atoms with E-state index in [1.165, 1.54) is 32.1 Å². The van der Waals surface area contributed by atoms with E-state index in [0.29, 0.717) is 5.41 Å². The average molecular weight is 220 g/mol. The Morgan fingerprint density at radius 2 is 1.94 bits per heavy atom. The molecule has 0 heterocycles. The van der Waals surface area contributed by atoms with Crippen LogP contribution in [0, 0.1) is 34.0 Å². The lowest BCUT2D eigenvalue weighted by Gasteiger charge is -2.49. The van der Waals surface area contributed by atoms with E-state index in [9.17, 15) is 0 Å². The smallest absolute Gasteiger partial charge is 0.0121 e. The zero-order valence-corrected chi connectivity index (χ0v) is 11.8. The molecule has 3 rings (SSSR count). The molecule has 92 valence electrons. The maximum absolute atomic E-state index is 2.59. The van der Waals surface area contributed by atoms with Crippen LogP contribution in [0.5, 0.6) is 0 Å². The molecular formula is C16H28. The first-order valence-electron chi connectivity index (χ1n) is 7.42. The molecule has 3 aliphatic carbocycles. The average Bonchev–Trinajstić information content (AvgIpc) is 3.02. The molecule has 0 N–H and O–H groups in total. The van der Waals surface area contributed by atoms with Gasteiger partial charge in [-0.05, 0) is 46.8 Å². The Hall–Kier alpha value is 0. The minimum absolute atomic E-state index is 0.688. The van der Waals surface area contributed by atoms with Crippen LogP contribution in [0.4, 0.5) is 0 Å². The van der Waals surface area contributed by atoms with Crippen molar-refractivity contribution in [1.82, 2.24) is 0 Å². The highest BCUT2D eigenvalue weighted by Crippen LogP contribution is 3.05. The van der Waals surface area contributed by atoms with E-state index in [2.05, 4.69) is 34.6 Å². The molecular weight excluding hydrogens is 192 g/mol. The van der Waals surface area contributed by atoms with Crippen LogP contribution in [0.2, 0.25) is 0 Å². The van der Waals surface area contributed by atoms with Crippen LogP contribution >= 0.6 is 0 Å². The lowest BCUT2D eigenvalue weighted by atomic mass is 9.55. The highest BCUT2D eigenvalue weighted by Gasteiger charge is 3.00. The minimum Gasteiger partial charge on any atom is -0.0651 e. The van der Waals surface area contributed by atoms with Crippen molar-refractivity contribution in [3.05, 3.63) is 0 Å². The van der Waals surface area contributed by atoms with E-state index in [0.717, 1.165) is 28.6 Å². The van der Waals surface area contributed by atoms with Crippen LogP contribution in [0.15, 0.2) is 0 Å². The fourth-order valence-electron chi connectivity index (χ4n) is 5.92. The summed E-state index contributed by atoms with van der Waals surface area (Å²) in [6, 6.07) is 0. The van der Waals surface area contributed by atoms with Crippen molar-refractivity contribution in [3.63, 3.8) is 0 Å². The minimum atomic E-state index is 0.688. The van der Waals surface area contributed by atoms with E-state index in [-0.39, 0.29) is 0 Å². The van der Waals surface area contributed by atoms with Gasteiger partial charge in [-0.2, -0.15) is 0 Å². The van der Waals surface area contributed by atoms with Gasteiger partial charge in [0.2, 0.25) is 0 Å². The summed E-state index contributed by atoms with van der Waals surface area (Å²) >= 11 is 0. The van der Waals surface area contributed by atoms with Crippen LogP contribution in [0.25, 0.3) is 0 Å². The molecule has 16 heavy (non-hydrogen) atoms. The van der Waals surface area contributed by atoms with Crippen LogP contribution in [0.3, 0.4) is 0 Å². The molecule has 5 atom stereocenters. The summed E-state index contributed by atoms with van der Waals surface area (Å²) in [5, 5.41) is 0. The van der Waals surface area contributed by atoms with Gasteiger partial charge in [-0.1, -0.05) is 53.9 Å². The van der Waals surface area contributed by atoms with Crippen molar-refractivity contribution < 1.29 is 0 Å². The normalized spacial score (nSPS) is 52.3. The standard InChI is InChI=1S/C16H28/c1-6-11(2)8-7-9-15(5)13-12-10-14(3,4)16(12,13)15/h11-13H,6-10H2,1-5H3. The molecule has 3 saturated carbocycles. The molecule has 0 aliphatic heterocycles. The van der Waals surface area contributed by atoms with Gasteiger partial charge in [0.15, 0.2) is 0 Å². The second-order valence-electron chi connectivity index (χ2n) is 7.86. The first-order chi connectivity index (χ1) is 7.42. The Bertz CT molecular complexity index is 316. The van der Waals surface area contributed by atoms with Gasteiger partial charge in [-0.25, -0.2) is 0 Å². The van der Waals surface area contributed by atoms with Gasteiger partial charge in [0.1, 0.15) is 0 Å². The van der Waals surface area contributed by atoms with E-state index < -0.39 is 0 Å². The molecule has 0 amide bonds. The third kappa shape index (κ3) is 0.946. The van der Waals surface area contributed by atoms with Crippen molar-refractivity contribution in [1.29, 1.82) is 0 Å². The van der Waals surface area contributed by atoms with E-state index in [1.54, 1.807) is 0 Å². The maximum atomic E-state index is 2.59. The molecule has 3 aliphatic rings. The Kier molecular flexibility index (Phi) is 1.99. The number of fused-ring (bicyclic) bond motifs is 1. The summed E-state index contributed by atoms with van der Waals surface area (Å²) in [6.45, 7) is 12.4. The van der Waals surface area contributed by atoms with Crippen molar-refractivity contribution in [2.75, 3.05) is 0 Å². The second-order valence-corrected chi connectivity index (χ2v) is 7.86. The lowest BCUT2D eigenvalue weighted by molar-refractivity contribution is -0.00790. The lowest BCUT2D eigenvalue weighted by Crippen LogP contribution is -2.42. The highest BCUT2D eigenvalue weighted by molar-refractivity contribution is 5.47. The SMILES string of the molecule is CCC(C)CCCC1(C)C2C3CC(C)(C)C321. The Morgan fingerprint density at radius 3 is 2.38 bits per heavy atom. The third-order valence-corrected chi connectivity index (χ3v) is 6.86. The van der Waals surface area contributed by atoms with Gasteiger partial charge >= 0.3 is 0 Å². The van der Waals surface area contributed by atoms with Crippen LogP contribution in [-0.4, -0.2) is 0 Å². The molecule has 0 aromatic carbocycles. The Morgan fingerprint density at radius 1 is 1.25 bits per heavy atom. The molecule has 3 fully saturated rings. The predicted molar refractivity (Wildman–Crippen MR) is 69.2 cm³/mol. The number of rotatable bonds is 5. The summed E-state index contributed by atoms with van der Waals surface area (Å²) in [6.07, 6.45) is 7.34. The third-order valence-electron chi connectivity index (χ3n) is 6.86. The Balaban J connectivity index is 1.52. The zero-order valence-electron chi connectivity index (χ0n) is 11.8. The van der Waals surface area contributed by atoms with E-state index in [4.69, 9.17) is 0 Å². The molecule has 0 heteroatoms. The van der Waals surface area contributed by atoms with E-state index in [1.807, 2.05) is 0 Å². The van der Waals surface area contributed by atoms with Gasteiger partial charge in [-0.15, -0.1) is 0 Å². The molecule has 0 saturated heterocycles. The van der Waals surface area contributed by atoms with Crippen LogP contribution < -0.4 is 0 Å². The maximum Gasteiger partial charge on any atom is -0.0121 e.